The standard InChI is InChI=1S/C15H26NSi.2ClH.Ti/c1-11-9-15(6,13(3)12(11)2)16-14(4,5)10-17(7)8;;;/h9-10H,1-8H3;2*1H;/q-1;;;+3/p-2. The van der Waals surface area contributed by atoms with Gasteiger partial charge in [-0.25, -0.2) is 0 Å². The fourth-order valence-corrected chi connectivity index (χ4v) is 4.24. The van der Waals surface area contributed by atoms with E-state index in [0.29, 0.717) is 0 Å². The van der Waals surface area contributed by atoms with Gasteiger partial charge in [-0.05, 0) is 29.2 Å². The molecule has 5 heteroatoms. The van der Waals surface area contributed by atoms with Crippen molar-refractivity contribution >= 4 is 14.1 Å². The van der Waals surface area contributed by atoms with Crippen molar-refractivity contribution in [3.8, 4) is 0 Å². The zero-order chi connectivity index (χ0) is 13.4. The van der Waals surface area contributed by atoms with Gasteiger partial charge in [0.05, 0.1) is 0 Å². The van der Waals surface area contributed by atoms with E-state index in [-0.39, 0.29) is 66.0 Å². The van der Waals surface area contributed by atoms with Crippen LogP contribution in [-0.4, -0.2) is 25.2 Å². The first-order chi connectivity index (χ1) is 7.57. The van der Waals surface area contributed by atoms with E-state index in [4.69, 9.17) is 5.32 Å². The first-order valence-electron chi connectivity index (χ1n) is 6.35. The first kappa shape index (κ1) is 25.8. The van der Waals surface area contributed by atoms with Gasteiger partial charge in [-0.2, -0.15) is 0 Å². The van der Waals surface area contributed by atoms with Gasteiger partial charge in [0.2, 0.25) is 0 Å². The SMILES string of the molecule is CC1=CC(C)([N-]C(C)(C)C=[Si](C)C)C(C)=C1C.[Cl-].[Cl-].[Ti+3]. The molecule has 0 N–H and O–H groups in total. The molecule has 0 aromatic rings. The quantitative estimate of drug-likeness (QED) is 0.531. The van der Waals surface area contributed by atoms with Crippen molar-refractivity contribution in [3.05, 3.63) is 28.1 Å². The Labute approximate surface area is 154 Å². The van der Waals surface area contributed by atoms with Gasteiger partial charge in [0, 0.05) is 0 Å². The number of hydrogen-bond donors (Lipinski definition) is 0. The summed E-state index contributed by atoms with van der Waals surface area (Å²) < 4.78 is 0. The molecule has 1 aliphatic carbocycles. The average molecular weight is 367 g/mol. The molecule has 0 fully saturated rings. The van der Waals surface area contributed by atoms with E-state index in [1.807, 2.05) is 0 Å². The van der Waals surface area contributed by atoms with Crippen LogP contribution in [0.4, 0.5) is 0 Å². The van der Waals surface area contributed by atoms with E-state index in [1.165, 1.54) is 16.7 Å². The Morgan fingerprint density at radius 1 is 1.15 bits per heavy atom. The van der Waals surface area contributed by atoms with Gasteiger partial charge in [-0.3, -0.25) is 0 Å². The van der Waals surface area contributed by atoms with Gasteiger partial charge < -0.3 is 30.1 Å². The largest absolute Gasteiger partial charge is 3.00 e. The van der Waals surface area contributed by atoms with Crippen LogP contribution in [0.15, 0.2) is 22.8 Å². The van der Waals surface area contributed by atoms with Gasteiger partial charge in [0.25, 0.3) is 0 Å². The molecular formula is C15H26Cl2NSiTi. The Hall–Kier alpha value is 0.821. The monoisotopic (exact) mass is 366 g/mol. The van der Waals surface area contributed by atoms with Crippen LogP contribution in [-0.2, 0) is 21.7 Å². The molecule has 1 aliphatic rings. The van der Waals surface area contributed by atoms with Crippen molar-refractivity contribution in [1.29, 1.82) is 0 Å². The van der Waals surface area contributed by atoms with Crippen LogP contribution in [0.5, 0.6) is 0 Å². The minimum Gasteiger partial charge on any atom is -1.00 e. The third kappa shape index (κ3) is 6.29. The maximum atomic E-state index is 5.10. The van der Waals surface area contributed by atoms with Gasteiger partial charge in [0.1, 0.15) is 0 Å². The number of hydrogen-bond acceptors (Lipinski definition) is 0. The summed E-state index contributed by atoms with van der Waals surface area (Å²) in [6.45, 7) is 17.9. The Kier molecular flexibility index (Phi) is 11.7. The van der Waals surface area contributed by atoms with Gasteiger partial charge in [-0.15, -0.1) is 11.2 Å². The van der Waals surface area contributed by atoms with E-state index in [1.54, 1.807) is 0 Å². The molecule has 0 bridgehead atoms. The summed E-state index contributed by atoms with van der Waals surface area (Å²) in [5.74, 6) is 0. The van der Waals surface area contributed by atoms with Crippen LogP contribution >= 0.6 is 0 Å². The van der Waals surface area contributed by atoms with Gasteiger partial charge in [0.15, 0.2) is 0 Å². The fraction of sp³-hybridized carbons (Fsp3) is 0.667. The molecule has 0 saturated heterocycles. The Morgan fingerprint density at radius 3 is 1.90 bits per heavy atom. The minimum absolute atomic E-state index is 0. The predicted octanol–water partition coefficient (Wildman–Crippen LogP) is -1.66. The smallest absolute Gasteiger partial charge is 1.00 e. The summed E-state index contributed by atoms with van der Waals surface area (Å²) in [5.41, 5.74) is 6.47. The molecule has 0 amide bonds. The second kappa shape index (κ2) is 9.07. The van der Waals surface area contributed by atoms with Gasteiger partial charge in [-0.1, -0.05) is 62.2 Å². The van der Waals surface area contributed by atoms with Crippen LogP contribution in [0.2, 0.25) is 13.1 Å². The molecular weight excluding hydrogens is 341 g/mol. The normalized spacial score (nSPS) is 21.3. The summed E-state index contributed by atoms with van der Waals surface area (Å²) in [6, 6.07) is 0. The number of rotatable bonds is 3. The zero-order valence-electron chi connectivity index (χ0n) is 13.9. The van der Waals surface area contributed by atoms with Crippen LogP contribution in [0.3, 0.4) is 0 Å². The second-order valence-corrected chi connectivity index (χ2v) is 8.66. The molecule has 20 heavy (non-hydrogen) atoms. The van der Waals surface area contributed by atoms with E-state index < -0.39 is 0 Å². The van der Waals surface area contributed by atoms with Crippen LogP contribution in [0.1, 0.15) is 41.5 Å². The van der Waals surface area contributed by atoms with E-state index in [0.717, 1.165) is 0 Å². The minimum atomic E-state index is -0.358. The molecule has 1 radical (unpaired) electrons. The first-order valence-corrected chi connectivity index (χ1v) is 8.93. The van der Waals surface area contributed by atoms with Crippen LogP contribution in [0, 0.1) is 0 Å². The Bertz CT molecular complexity index is 424. The summed E-state index contributed by atoms with van der Waals surface area (Å²) in [6.07, 6.45) is 2.31. The van der Waals surface area contributed by atoms with Crippen molar-refractivity contribution in [2.45, 2.75) is 65.7 Å². The molecule has 0 aliphatic heterocycles. The van der Waals surface area contributed by atoms with Crippen molar-refractivity contribution in [2.24, 2.45) is 0 Å². The summed E-state index contributed by atoms with van der Waals surface area (Å²) >= 11 is 0. The molecule has 0 aromatic carbocycles. The maximum absolute atomic E-state index is 5.10. The maximum Gasteiger partial charge on any atom is 3.00 e. The van der Waals surface area contributed by atoms with Crippen LogP contribution < -0.4 is 24.8 Å². The summed E-state index contributed by atoms with van der Waals surface area (Å²) in [5, 5.41) is 5.10. The molecule has 0 aromatic heterocycles. The summed E-state index contributed by atoms with van der Waals surface area (Å²) in [4.78, 5) is 0. The number of nitrogens with zero attached hydrogens (tertiary/aromatic N) is 1. The predicted molar refractivity (Wildman–Crippen MR) is 81.5 cm³/mol. The van der Waals surface area contributed by atoms with E-state index in [9.17, 15) is 0 Å². The van der Waals surface area contributed by atoms with Crippen molar-refractivity contribution in [3.63, 3.8) is 0 Å². The number of halogens is 2. The molecule has 0 spiro atoms. The van der Waals surface area contributed by atoms with Crippen molar-refractivity contribution in [1.82, 2.24) is 0 Å². The Balaban J connectivity index is -0.000000963. The molecule has 1 unspecified atom stereocenters. The molecule has 0 saturated carbocycles. The van der Waals surface area contributed by atoms with Crippen molar-refractivity contribution < 1.29 is 46.5 Å². The van der Waals surface area contributed by atoms with Gasteiger partial charge >= 0.3 is 21.7 Å². The Morgan fingerprint density at radius 2 is 1.60 bits per heavy atom. The summed E-state index contributed by atoms with van der Waals surface area (Å²) in [7, 11) is -0.358. The third-order valence-electron chi connectivity index (χ3n) is 3.57. The van der Waals surface area contributed by atoms with E-state index >= 15 is 0 Å². The second-order valence-electron chi connectivity index (χ2n) is 6.21. The van der Waals surface area contributed by atoms with Crippen LogP contribution in [0.25, 0.3) is 5.32 Å². The third-order valence-corrected chi connectivity index (χ3v) is 4.86. The molecule has 113 valence electrons. The molecule has 1 nitrogen and oxygen atoms in total. The fourth-order valence-electron chi connectivity index (χ4n) is 2.77. The number of allylic oxidation sites excluding steroid dienone is 2. The molecule has 1 atom stereocenters. The van der Waals surface area contributed by atoms with Crippen molar-refractivity contribution in [2.75, 3.05) is 0 Å². The topological polar surface area (TPSA) is 14.1 Å². The molecule has 0 heterocycles. The van der Waals surface area contributed by atoms with E-state index in [2.05, 4.69) is 66.4 Å². The average Bonchev–Trinajstić information content (AvgIpc) is 2.26. The molecule has 1 rings (SSSR count). The zero-order valence-corrected chi connectivity index (χ0v) is 17.9.